The zero-order valence-electron chi connectivity index (χ0n) is 6.72. The molecule has 0 aliphatic heterocycles. The molecule has 0 aliphatic rings. The van der Waals surface area contributed by atoms with E-state index in [-0.39, 0.29) is 0 Å². The summed E-state index contributed by atoms with van der Waals surface area (Å²) in [4.78, 5) is 1.53. The van der Waals surface area contributed by atoms with E-state index in [1.165, 1.54) is 4.80 Å². The van der Waals surface area contributed by atoms with Crippen LogP contribution in [-0.4, -0.2) is 15.0 Å². The smallest absolute Gasteiger partial charge is 0.151 e. The van der Waals surface area contributed by atoms with Gasteiger partial charge in [-0.25, -0.2) is 0 Å². The average molecular weight is 206 g/mol. The first-order chi connectivity index (χ1) is 4.70. The van der Waals surface area contributed by atoms with Gasteiger partial charge < -0.3 is 0 Å². The molecule has 0 aliphatic carbocycles. The summed E-state index contributed by atoms with van der Waals surface area (Å²) in [5.74, 6) is 0. The fourth-order valence-corrected chi connectivity index (χ4v) is 0.789. The van der Waals surface area contributed by atoms with Gasteiger partial charge in [0.05, 0.1) is 5.69 Å². The number of halogens is 1. The Kier molecular flexibility index (Phi) is 4.27. The van der Waals surface area contributed by atoms with Crippen LogP contribution in [0, 0.1) is 6.92 Å². The minimum atomic E-state index is 0.819. The van der Waals surface area contributed by atoms with Crippen molar-refractivity contribution in [1.29, 1.82) is 0 Å². The van der Waals surface area contributed by atoms with E-state index in [0.717, 1.165) is 10.3 Å². The molecule has 0 amide bonds. The van der Waals surface area contributed by atoms with Crippen LogP contribution in [-0.2, 0) is 7.05 Å². The van der Waals surface area contributed by atoms with E-state index in [0.29, 0.717) is 0 Å². The van der Waals surface area contributed by atoms with Gasteiger partial charge in [0.2, 0.25) is 0 Å². The average Bonchev–Trinajstić information content (AvgIpc) is 2.16. The minimum absolute atomic E-state index is 0.819. The second kappa shape index (κ2) is 4.44. The van der Waals surface area contributed by atoms with E-state index in [9.17, 15) is 0 Å². The molecule has 1 aromatic heterocycles. The summed E-state index contributed by atoms with van der Waals surface area (Å²) in [7, 11) is 1.79. The van der Waals surface area contributed by atoms with Crippen molar-refractivity contribution in [3.63, 3.8) is 0 Å². The van der Waals surface area contributed by atoms with Crippen LogP contribution in [0.15, 0.2) is 4.60 Å². The Morgan fingerprint density at radius 2 is 1.80 bits per heavy atom. The molecular weight excluding hydrogens is 194 g/mol. The third-order valence-electron chi connectivity index (χ3n) is 0.826. The highest BCUT2D eigenvalue weighted by molar-refractivity contribution is 9.10. The number of nitrogens with zero attached hydrogens (tertiary/aromatic N) is 3. The van der Waals surface area contributed by atoms with Gasteiger partial charge in [0.15, 0.2) is 4.60 Å². The molecule has 10 heavy (non-hydrogen) atoms. The molecule has 3 nitrogen and oxygen atoms in total. The molecule has 0 saturated carbocycles. The normalized spacial score (nSPS) is 8.50. The predicted molar refractivity (Wildman–Crippen MR) is 44.8 cm³/mol. The van der Waals surface area contributed by atoms with Crippen molar-refractivity contribution in [2.75, 3.05) is 0 Å². The Bertz CT molecular complexity index is 175. The molecule has 1 rings (SSSR count). The molecule has 1 heterocycles. The van der Waals surface area contributed by atoms with Crippen molar-refractivity contribution in [2.45, 2.75) is 20.8 Å². The van der Waals surface area contributed by atoms with Crippen LogP contribution in [0.25, 0.3) is 0 Å². The van der Waals surface area contributed by atoms with E-state index in [4.69, 9.17) is 0 Å². The molecule has 58 valence electrons. The number of rotatable bonds is 0. The maximum absolute atomic E-state index is 3.97. The molecule has 0 N–H and O–H groups in total. The zero-order chi connectivity index (χ0) is 8.15. The second-order valence-corrected chi connectivity index (χ2v) is 2.32. The highest BCUT2D eigenvalue weighted by atomic mass is 79.9. The van der Waals surface area contributed by atoms with Crippen LogP contribution >= 0.6 is 15.9 Å². The van der Waals surface area contributed by atoms with Crippen LogP contribution in [0.1, 0.15) is 19.5 Å². The van der Waals surface area contributed by atoms with Gasteiger partial charge in [-0.05, 0) is 22.9 Å². The van der Waals surface area contributed by atoms with Crippen molar-refractivity contribution in [1.82, 2.24) is 15.0 Å². The van der Waals surface area contributed by atoms with Crippen LogP contribution in [0.4, 0.5) is 0 Å². The van der Waals surface area contributed by atoms with Gasteiger partial charge in [-0.15, -0.1) is 5.10 Å². The Hall–Kier alpha value is -0.380. The fourth-order valence-electron chi connectivity index (χ4n) is 0.480. The quantitative estimate of drug-likeness (QED) is 0.649. The Morgan fingerprint density at radius 3 is 1.90 bits per heavy atom. The van der Waals surface area contributed by atoms with E-state index < -0.39 is 0 Å². The second-order valence-electron chi connectivity index (χ2n) is 1.57. The van der Waals surface area contributed by atoms with Gasteiger partial charge in [0, 0.05) is 7.05 Å². The van der Waals surface area contributed by atoms with Crippen molar-refractivity contribution in [3.8, 4) is 0 Å². The van der Waals surface area contributed by atoms with Gasteiger partial charge in [-0.1, -0.05) is 13.8 Å². The Morgan fingerprint density at radius 1 is 1.30 bits per heavy atom. The first-order valence-electron chi connectivity index (χ1n) is 3.23. The van der Waals surface area contributed by atoms with Crippen LogP contribution < -0.4 is 0 Å². The zero-order valence-corrected chi connectivity index (χ0v) is 8.31. The summed E-state index contributed by atoms with van der Waals surface area (Å²) in [6, 6.07) is 0. The maximum Gasteiger partial charge on any atom is 0.151 e. The lowest BCUT2D eigenvalue weighted by molar-refractivity contribution is 0.647. The number of hydrogen-bond acceptors (Lipinski definition) is 2. The molecule has 0 spiro atoms. The van der Waals surface area contributed by atoms with E-state index in [2.05, 4.69) is 26.1 Å². The van der Waals surface area contributed by atoms with Crippen LogP contribution in [0.3, 0.4) is 0 Å². The Labute approximate surface area is 69.6 Å². The standard InChI is InChI=1S/C4H6BrN3.C2H6/c1-3-4(5)7-8(2)6-3;1-2/h1-2H3;1-2H3. The summed E-state index contributed by atoms with van der Waals surface area (Å²) in [6.45, 7) is 5.90. The highest BCUT2D eigenvalue weighted by Gasteiger charge is 1.96. The van der Waals surface area contributed by atoms with Gasteiger partial charge in [-0.2, -0.15) is 9.90 Å². The molecule has 0 unspecified atom stereocenters. The Balaban J connectivity index is 0.000000371. The van der Waals surface area contributed by atoms with Gasteiger partial charge in [0.1, 0.15) is 0 Å². The van der Waals surface area contributed by atoms with Gasteiger partial charge in [-0.3, -0.25) is 0 Å². The summed E-state index contributed by atoms with van der Waals surface area (Å²) < 4.78 is 0.819. The SMILES string of the molecule is CC.Cc1nn(C)nc1Br. The topological polar surface area (TPSA) is 30.7 Å². The summed E-state index contributed by atoms with van der Waals surface area (Å²) in [5.41, 5.74) is 0.924. The van der Waals surface area contributed by atoms with Crippen molar-refractivity contribution in [3.05, 3.63) is 10.3 Å². The molecule has 0 radical (unpaired) electrons. The first-order valence-corrected chi connectivity index (χ1v) is 4.03. The number of hydrogen-bond donors (Lipinski definition) is 0. The van der Waals surface area contributed by atoms with Gasteiger partial charge >= 0.3 is 0 Å². The van der Waals surface area contributed by atoms with Gasteiger partial charge in [0.25, 0.3) is 0 Å². The lowest BCUT2D eigenvalue weighted by atomic mass is 10.6. The highest BCUT2D eigenvalue weighted by Crippen LogP contribution is 2.06. The number of aryl methyl sites for hydroxylation is 2. The van der Waals surface area contributed by atoms with Crippen LogP contribution in [0.2, 0.25) is 0 Å². The molecule has 0 saturated heterocycles. The molecule has 0 aromatic carbocycles. The summed E-state index contributed by atoms with van der Waals surface area (Å²) in [5, 5.41) is 7.90. The van der Waals surface area contributed by atoms with E-state index in [1.807, 2.05) is 20.8 Å². The van der Waals surface area contributed by atoms with E-state index in [1.54, 1.807) is 7.05 Å². The molecule has 0 atom stereocenters. The lowest BCUT2D eigenvalue weighted by Gasteiger charge is -1.76. The monoisotopic (exact) mass is 205 g/mol. The maximum atomic E-state index is 3.97. The number of aromatic nitrogens is 3. The molecule has 1 aromatic rings. The molecule has 0 fully saturated rings. The summed E-state index contributed by atoms with van der Waals surface area (Å²) in [6.07, 6.45) is 0. The summed E-state index contributed by atoms with van der Waals surface area (Å²) >= 11 is 3.22. The first kappa shape index (κ1) is 9.62. The molecule has 4 heteroatoms. The van der Waals surface area contributed by atoms with Crippen molar-refractivity contribution >= 4 is 15.9 Å². The third-order valence-corrected chi connectivity index (χ3v) is 1.56. The minimum Gasteiger partial charge on any atom is -0.187 e. The lowest BCUT2D eigenvalue weighted by Crippen LogP contribution is -1.91. The largest absolute Gasteiger partial charge is 0.187 e. The third kappa shape index (κ3) is 2.47. The molecule has 0 bridgehead atoms. The molecular formula is C6H12BrN3. The van der Waals surface area contributed by atoms with Crippen LogP contribution in [0.5, 0.6) is 0 Å². The van der Waals surface area contributed by atoms with Crippen molar-refractivity contribution in [2.24, 2.45) is 7.05 Å². The van der Waals surface area contributed by atoms with E-state index >= 15 is 0 Å². The fraction of sp³-hybridized carbons (Fsp3) is 0.667. The van der Waals surface area contributed by atoms with Crippen molar-refractivity contribution < 1.29 is 0 Å². The predicted octanol–water partition coefficient (Wildman–Crippen LogP) is 1.91.